The molecule has 196 valence electrons. The molecule has 3 aromatic heterocycles. The standard InChI is InChI=1S/C27H27FN6O4/c1-3-25(35)32-23-14-34-24(31-23)9-8-22(33-34)18-11-20(27(37-2)30-13-18)26(36)29-12-17-10-19(6-7-21(17)28)38-15-16-4-5-16/h6-11,13-14,16H,3-5,12,15H2,1-2H3,(H,29,36)(H,32,35). The highest BCUT2D eigenvalue weighted by Gasteiger charge is 2.22. The predicted octanol–water partition coefficient (Wildman–Crippen LogP) is 4.01. The second kappa shape index (κ2) is 10.8. The van der Waals surface area contributed by atoms with Gasteiger partial charge < -0.3 is 20.1 Å². The van der Waals surface area contributed by atoms with Gasteiger partial charge in [0.25, 0.3) is 5.91 Å². The summed E-state index contributed by atoms with van der Waals surface area (Å²) in [7, 11) is 1.42. The molecule has 1 fully saturated rings. The molecule has 2 amide bonds. The monoisotopic (exact) mass is 518 g/mol. The molecule has 1 aromatic carbocycles. The maximum Gasteiger partial charge on any atom is 0.257 e. The number of halogens is 1. The Morgan fingerprint density at radius 2 is 2.03 bits per heavy atom. The van der Waals surface area contributed by atoms with Gasteiger partial charge in [-0.05, 0) is 55.2 Å². The van der Waals surface area contributed by atoms with Crippen LogP contribution in [-0.2, 0) is 11.3 Å². The zero-order chi connectivity index (χ0) is 26.6. The Morgan fingerprint density at radius 3 is 2.79 bits per heavy atom. The highest BCUT2D eigenvalue weighted by molar-refractivity contribution is 5.97. The van der Waals surface area contributed by atoms with Crippen LogP contribution >= 0.6 is 0 Å². The summed E-state index contributed by atoms with van der Waals surface area (Å²) in [5.74, 6) is 0.597. The minimum atomic E-state index is -0.479. The quantitative estimate of drug-likeness (QED) is 0.326. The zero-order valence-electron chi connectivity index (χ0n) is 21.0. The van der Waals surface area contributed by atoms with Crippen molar-refractivity contribution in [1.82, 2.24) is 24.9 Å². The summed E-state index contributed by atoms with van der Waals surface area (Å²) < 4.78 is 27.0. The highest BCUT2D eigenvalue weighted by Crippen LogP contribution is 2.30. The normalized spacial score (nSPS) is 12.8. The molecule has 0 bridgehead atoms. The van der Waals surface area contributed by atoms with Gasteiger partial charge in [0.2, 0.25) is 11.8 Å². The summed E-state index contributed by atoms with van der Waals surface area (Å²) in [5, 5.41) is 9.97. The SMILES string of the molecule is CCC(=O)Nc1cn2nc(-c3cnc(OC)c(C(=O)NCc4cc(OCC5CC5)ccc4F)c3)ccc2n1. The molecule has 0 spiro atoms. The van der Waals surface area contributed by atoms with Gasteiger partial charge in [-0.1, -0.05) is 6.92 Å². The van der Waals surface area contributed by atoms with Crippen LogP contribution in [0.4, 0.5) is 10.2 Å². The van der Waals surface area contributed by atoms with Gasteiger partial charge in [0.1, 0.15) is 17.1 Å². The van der Waals surface area contributed by atoms with Gasteiger partial charge in [0, 0.05) is 30.3 Å². The van der Waals surface area contributed by atoms with E-state index in [0.29, 0.717) is 53.0 Å². The first kappa shape index (κ1) is 25.1. The molecule has 0 aliphatic heterocycles. The molecule has 1 aliphatic rings. The Balaban J connectivity index is 1.33. The van der Waals surface area contributed by atoms with E-state index in [2.05, 4.69) is 25.7 Å². The number of carbonyl (C=O) groups is 2. The lowest BCUT2D eigenvalue weighted by Crippen LogP contribution is -2.24. The van der Waals surface area contributed by atoms with Gasteiger partial charge in [0.05, 0.1) is 25.6 Å². The molecule has 0 radical (unpaired) electrons. The molecule has 0 atom stereocenters. The summed E-state index contributed by atoms with van der Waals surface area (Å²) in [6, 6.07) is 9.62. The van der Waals surface area contributed by atoms with Crippen molar-refractivity contribution in [2.75, 3.05) is 19.0 Å². The third-order valence-electron chi connectivity index (χ3n) is 6.13. The average Bonchev–Trinajstić information content (AvgIpc) is 3.68. The Morgan fingerprint density at radius 1 is 1.18 bits per heavy atom. The number of methoxy groups -OCH3 is 1. The van der Waals surface area contributed by atoms with Crippen molar-refractivity contribution >= 4 is 23.3 Å². The fraction of sp³-hybridized carbons (Fsp3) is 0.296. The maximum absolute atomic E-state index is 14.4. The number of nitrogens with one attached hydrogen (secondary N) is 2. The number of fused-ring (bicyclic) bond motifs is 1. The number of imidazole rings is 1. The van der Waals surface area contributed by atoms with Crippen molar-refractivity contribution in [2.24, 2.45) is 5.92 Å². The molecule has 3 heterocycles. The van der Waals surface area contributed by atoms with E-state index >= 15 is 0 Å². The topological polar surface area (TPSA) is 120 Å². The van der Waals surface area contributed by atoms with Crippen LogP contribution in [0.5, 0.6) is 11.6 Å². The summed E-state index contributed by atoms with van der Waals surface area (Å²) in [5.41, 5.74) is 2.12. The molecular weight excluding hydrogens is 491 g/mol. The number of anilines is 1. The van der Waals surface area contributed by atoms with Crippen LogP contribution in [0.25, 0.3) is 16.9 Å². The van der Waals surface area contributed by atoms with E-state index in [9.17, 15) is 14.0 Å². The van der Waals surface area contributed by atoms with Crippen LogP contribution in [0.1, 0.15) is 42.1 Å². The number of nitrogens with zero attached hydrogens (tertiary/aromatic N) is 4. The van der Waals surface area contributed by atoms with Crippen molar-refractivity contribution in [2.45, 2.75) is 32.7 Å². The van der Waals surface area contributed by atoms with E-state index in [-0.39, 0.29) is 23.9 Å². The molecular formula is C27H27FN6O4. The number of benzene rings is 1. The largest absolute Gasteiger partial charge is 0.493 e. The van der Waals surface area contributed by atoms with Crippen LogP contribution in [-0.4, -0.2) is 45.1 Å². The number of hydrogen-bond acceptors (Lipinski definition) is 7. The number of carbonyl (C=O) groups excluding carboxylic acids is 2. The van der Waals surface area contributed by atoms with Crippen molar-refractivity contribution in [3.8, 4) is 22.9 Å². The number of rotatable bonds is 10. The zero-order valence-corrected chi connectivity index (χ0v) is 21.0. The molecule has 5 rings (SSSR count). The number of aromatic nitrogens is 4. The van der Waals surface area contributed by atoms with Crippen LogP contribution in [0.3, 0.4) is 0 Å². The molecule has 1 aliphatic carbocycles. The Hall–Kier alpha value is -4.54. The van der Waals surface area contributed by atoms with E-state index in [1.807, 2.05) is 0 Å². The summed E-state index contributed by atoms with van der Waals surface area (Å²) >= 11 is 0. The summed E-state index contributed by atoms with van der Waals surface area (Å²) in [4.78, 5) is 33.4. The first-order valence-electron chi connectivity index (χ1n) is 12.3. The summed E-state index contributed by atoms with van der Waals surface area (Å²) in [6.45, 7) is 2.33. The number of hydrogen-bond donors (Lipinski definition) is 2. The van der Waals surface area contributed by atoms with Gasteiger partial charge in [-0.2, -0.15) is 5.10 Å². The molecule has 0 unspecified atom stereocenters. The third-order valence-corrected chi connectivity index (χ3v) is 6.13. The van der Waals surface area contributed by atoms with Gasteiger partial charge >= 0.3 is 0 Å². The molecule has 2 N–H and O–H groups in total. The average molecular weight is 519 g/mol. The molecule has 11 heteroatoms. The first-order chi connectivity index (χ1) is 18.4. The van der Waals surface area contributed by atoms with Crippen molar-refractivity contribution < 1.29 is 23.5 Å². The van der Waals surface area contributed by atoms with Crippen LogP contribution in [0.15, 0.2) is 48.8 Å². The molecule has 10 nitrogen and oxygen atoms in total. The molecule has 38 heavy (non-hydrogen) atoms. The number of amides is 2. The Bertz CT molecular complexity index is 1500. The lowest BCUT2D eigenvalue weighted by Gasteiger charge is -2.12. The summed E-state index contributed by atoms with van der Waals surface area (Å²) in [6.07, 6.45) is 5.79. The smallest absolute Gasteiger partial charge is 0.257 e. The van der Waals surface area contributed by atoms with E-state index in [4.69, 9.17) is 9.47 Å². The second-order valence-corrected chi connectivity index (χ2v) is 9.02. The highest BCUT2D eigenvalue weighted by atomic mass is 19.1. The van der Waals surface area contributed by atoms with Crippen molar-refractivity contribution in [3.63, 3.8) is 0 Å². The van der Waals surface area contributed by atoms with Gasteiger partial charge in [-0.25, -0.2) is 18.9 Å². The van der Waals surface area contributed by atoms with Crippen LogP contribution in [0, 0.1) is 11.7 Å². The first-order valence-corrected chi connectivity index (χ1v) is 12.3. The van der Waals surface area contributed by atoms with E-state index in [0.717, 1.165) is 12.8 Å². The van der Waals surface area contributed by atoms with Gasteiger partial charge in [-0.3, -0.25) is 9.59 Å². The van der Waals surface area contributed by atoms with Gasteiger partial charge in [0.15, 0.2) is 11.5 Å². The minimum absolute atomic E-state index is 0.0375. The van der Waals surface area contributed by atoms with E-state index in [1.54, 1.807) is 49.6 Å². The lowest BCUT2D eigenvalue weighted by molar-refractivity contribution is -0.115. The maximum atomic E-state index is 14.4. The van der Waals surface area contributed by atoms with E-state index in [1.165, 1.54) is 17.7 Å². The van der Waals surface area contributed by atoms with Crippen molar-refractivity contribution in [3.05, 3.63) is 65.7 Å². The molecule has 0 saturated heterocycles. The Labute approximate surface area is 218 Å². The fourth-order valence-corrected chi connectivity index (χ4v) is 3.79. The second-order valence-electron chi connectivity index (χ2n) is 9.02. The minimum Gasteiger partial charge on any atom is -0.493 e. The fourth-order valence-electron chi connectivity index (χ4n) is 3.79. The number of ether oxygens (including phenoxy) is 2. The lowest BCUT2D eigenvalue weighted by atomic mass is 10.1. The van der Waals surface area contributed by atoms with E-state index < -0.39 is 11.7 Å². The third kappa shape index (κ3) is 5.72. The molecule has 1 saturated carbocycles. The van der Waals surface area contributed by atoms with Crippen molar-refractivity contribution in [1.29, 1.82) is 0 Å². The number of pyridine rings is 1. The van der Waals surface area contributed by atoms with Crippen LogP contribution < -0.4 is 20.1 Å². The van der Waals surface area contributed by atoms with Gasteiger partial charge in [-0.15, -0.1) is 0 Å². The Kier molecular flexibility index (Phi) is 7.16. The predicted molar refractivity (Wildman–Crippen MR) is 137 cm³/mol. The van der Waals surface area contributed by atoms with Crippen LogP contribution in [0.2, 0.25) is 0 Å². The molecule has 4 aromatic rings.